The van der Waals surface area contributed by atoms with Crippen LogP contribution in [0.15, 0.2) is 10.7 Å². The Labute approximate surface area is 71.4 Å². The third kappa shape index (κ3) is 1.37. The van der Waals surface area contributed by atoms with Gasteiger partial charge in [-0.2, -0.15) is 0 Å². The molecule has 0 atom stereocenters. The van der Waals surface area contributed by atoms with E-state index in [1.165, 1.54) is 25.7 Å². The maximum atomic E-state index is 8.74. The van der Waals surface area contributed by atoms with Gasteiger partial charge in [0.1, 0.15) is 12.9 Å². The summed E-state index contributed by atoms with van der Waals surface area (Å²) in [6, 6.07) is 0. The van der Waals surface area contributed by atoms with E-state index in [-0.39, 0.29) is 6.61 Å². The van der Waals surface area contributed by atoms with Crippen LogP contribution < -0.4 is 0 Å². The quantitative estimate of drug-likeness (QED) is 0.730. The summed E-state index contributed by atoms with van der Waals surface area (Å²) in [6.07, 6.45) is 6.72. The minimum absolute atomic E-state index is 0.0906. The lowest BCUT2D eigenvalue weighted by atomic mass is 10.1. The highest BCUT2D eigenvalue weighted by atomic mass is 16.4. The Morgan fingerprint density at radius 3 is 2.83 bits per heavy atom. The SMILES string of the molecule is OCc1nc(C2CCCC2)co1. The Balaban J connectivity index is 2.11. The van der Waals surface area contributed by atoms with Gasteiger partial charge >= 0.3 is 0 Å². The summed E-state index contributed by atoms with van der Waals surface area (Å²) in [4.78, 5) is 4.19. The van der Waals surface area contributed by atoms with Gasteiger partial charge < -0.3 is 9.52 Å². The van der Waals surface area contributed by atoms with Gasteiger partial charge in [-0.3, -0.25) is 0 Å². The zero-order valence-corrected chi connectivity index (χ0v) is 6.99. The van der Waals surface area contributed by atoms with Crippen LogP contribution >= 0.6 is 0 Å². The highest BCUT2D eigenvalue weighted by Crippen LogP contribution is 2.33. The normalized spacial score (nSPS) is 18.8. The number of hydrogen-bond donors (Lipinski definition) is 1. The lowest BCUT2D eigenvalue weighted by molar-refractivity contribution is 0.240. The summed E-state index contributed by atoms with van der Waals surface area (Å²) in [5, 5.41) is 8.74. The van der Waals surface area contributed by atoms with Crippen molar-refractivity contribution in [1.29, 1.82) is 0 Å². The second-order valence-electron chi connectivity index (χ2n) is 3.31. The van der Waals surface area contributed by atoms with Crippen LogP contribution in [0.3, 0.4) is 0 Å². The van der Waals surface area contributed by atoms with Crippen molar-refractivity contribution in [2.24, 2.45) is 0 Å². The molecule has 2 rings (SSSR count). The number of hydrogen-bond acceptors (Lipinski definition) is 3. The molecule has 0 spiro atoms. The minimum Gasteiger partial charge on any atom is -0.446 e. The first kappa shape index (κ1) is 7.80. The predicted octanol–water partition coefficient (Wildman–Crippen LogP) is 1.82. The van der Waals surface area contributed by atoms with E-state index < -0.39 is 0 Å². The second-order valence-corrected chi connectivity index (χ2v) is 3.31. The lowest BCUT2D eigenvalue weighted by Crippen LogP contribution is -1.92. The zero-order valence-electron chi connectivity index (χ0n) is 6.99. The van der Waals surface area contributed by atoms with Gasteiger partial charge in [0.15, 0.2) is 0 Å². The molecule has 1 heterocycles. The number of aromatic nitrogens is 1. The van der Waals surface area contributed by atoms with E-state index in [4.69, 9.17) is 9.52 Å². The molecule has 0 saturated heterocycles. The minimum atomic E-state index is -0.0906. The molecule has 1 saturated carbocycles. The number of oxazole rings is 1. The van der Waals surface area contributed by atoms with E-state index in [1.807, 2.05) is 0 Å². The third-order valence-electron chi connectivity index (χ3n) is 2.48. The number of aliphatic hydroxyl groups is 1. The molecule has 0 radical (unpaired) electrons. The van der Waals surface area contributed by atoms with Gasteiger partial charge in [-0.1, -0.05) is 12.8 Å². The summed E-state index contributed by atoms with van der Waals surface area (Å²) in [5.41, 5.74) is 1.02. The van der Waals surface area contributed by atoms with Crippen molar-refractivity contribution in [3.05, 3.63) is 17.8 Å². The second kappa shape index (κ2) is 3.27. The van der Waals surface area contributed by atoms with Gasteiger partial charge in [0.25, 0.3) is 0 Å². The van der Waals surface area contributed by atoms with Crippen molar-refractivity contribution < 1.29 is 9.52 Å². The molecule has 1 aromatic rings. The molecule has 1 N–H and O–H groups in total. The standard InChI is InChI=1S/C9H13NO2/c11-5-9-10-8(6-12-9)7-3-1-2-4-7/h6-7,11H,1-5H2. The Bertz CT molecular complexity index is 251. The molecule has 0 amide bonds. The fourth-order valence-corrected chi connectivity index (χ4v) is 1.81. The van der Waals surface area contributed by atoms with Crippen molar-refractivity contribution in [2.45, 2.75) is 38.2 Å². The summed E-state index contributed by atoms with van der Waals surface area (Å²) in [6.45, 7) is -0.0906. The molecular formula is C9H13NO2. The zero-order chi connectivity index (χ0) is 8.39. The summed E-state index contributed by atoms with van der Waals surface area (Å²) < 4.78 is 5.07. The van der Waals surface area contributed by atoms with Crippen LogP contribution in [0.1, 0.15) is 43.2 Å². The maximum absolute atomic E-state index is 8.74. The lowest BCUT2D eigenvalue weighted by Gasteiger charge is -2.01. The van der Waals surface area contributed by atoms with E-state index in [0.29, 0.717) is 11.8 Å². The average molecular weight is 167 g/mol. The Hall–Kier alpha value is -0.830. The Morgan fingerprint density at radius 1 is 1.50 bits per heavy atom. The van der Waals surface area contributed by atoms with Gasteiger partial charge in [-0.15, -0.1) is 0 Å². The molecular weight excluding hydrogens is 154 g/mol. The number of aliphatic hydroxyl groups excluding tert-OH is 1. The van der Waals surface area contributed by atoms with Gasteiger partial charge in [0.05, 0.1) is 5.69 Å². The molecule has 0 unspecified atom stereocenters. The van der Waals surface area contributed by atoms with Crippen molar-refractivity contribution in [3.63, 3.8) is 0 Å². The largest absolute Gasteiger partial charge is 0.446 e. The molecule has 66 valence electrons. The molecule has 0 aromatic carbocycles. The van der Waals surface area contributed by atoms with Crippen molar-refractivity contribution in [2.75, 3.05) is 0 Å². The van der Waals surface area contributed by atoms with Crippen LogP contribution in [0.25, 0.3) is 0 Å². The van der Waals surface area contributed by atoms with Crippen LogP contribution in [0, 0.1) is 0 Å². The summed E-state index contributed by atoms with van der Waals surface area (Å²) >= 11 is 0. The van der Waals surface area contributed by atoms with Crippen LogP contribution in [-0.2, 0) is 6.61 Å². The molecule has 1 aromatic heterocycles. The van der Waals surface area contributed by atoms with E-state index in [9.17, 15) is 0 Å². The van der Waals surface area contributed by atoms with Crippen molar-refractivity contribution in [3.8, 4) is 0 Å². The predicted molar refractivity (Wildman–Crippen MR) is 43.6 cm³/mol. The average Bonchev–Trinajstić information content (AvgIpc) is 2.75. The van der Waals surface area contributed by atoms with E-state index in [2.05, 4.69) is 4.98 Å². The maximum Gasteiger partial charge on any atom is 0.219 e. The van der Waals surface area contributed by atoms with E-state index >= 15 is 0 Å². The van der Waals surface area contributed by atoms with E-state index in [0.717, 1.165) is 5.69 Å². The van der Waals surface area contributed by atoms with Crippen LogP contribution in [0.2, 0.25) is 0 Å². The molecule has 0 bridgehead atoms. The van der Waals surface area contributed by atoms with Crippen LogP contribution in [0.5, 0.6) is 0 Å². The Morgan fingerprint density at radius 2 is 2.25 bits per heavy atom. The molecule has 1 aliphatic carbocycles. The first-order valence-corrected chi connectivity index (χ1v) is 4.45. The van der Waals surface area contributed by atoms with Gasteiger partial charge in [0, 0.05) is 5.92 Å². The summed E-state index contributed by atoms with van der Waals surface area (Å²) in [5.74, 6) is 1.02. The van der Waals surface area contributed by atoms with E-state index in [1.54, 1.807) is 6.26 Å². The molecule has 1 aliphatic rings. The fraction of sp³-hybridized carbons (Fsp3) is 0.667. The first-order valence-electron chi connectivity index (χ1n) is 4.45. The monoisotopic (exact) mass is 167 g/mol. The van der Waals surface area contributed by atoms with Crippen LogP contribution in [0.4, 0.5) is 0 Å². The highest BCUT2D eigenvalue weighted by molar-refractivity contribution is 5.05. The van der Waals surface area contributed by atoms with Crippen molar-refractivity contribution >= 4 is 0 Å². The molecule has 12 heavy (non-hydrogen) atoms. The molecule has 0 aliphatic heterocycles. The summed E-state index contributed by atoms with van der Waals surface area (Å²) in [7, 11) is 0. The van der Waals surface area contributed by atoms with Crippen LogP contribution in [-0.4, -0.2) is 10.1 Å². The smallest absolute Gasteiger partial charge is 0.219 e. The number of rotatable bonds is 2. The van der Waals surface area contributed by atoms with Gasteiger partial charge in [-0.25, -0.2) is 4.98 Å². The number of nitrogens with zero attached hydrogens (tertiary/aromatic N) is 1. The molecule has 3 nitrogen and oxygen atoms in total. The Kier molecular flexibility index (Phi) is 2.13. The van der Waals surface area contributed by atoms with Crippen molar-refractivity contribution in [1.82, 2.24) is 4.98 Å². The van der Waals surface area contributed by atoms with Gasteiger partial charge in [-0.05, 0) is 12.8 Å². The molecule has 3 heteroatoms. The topological polar surface area (TPSA) is 46.3 Å². The fourth-order valence-electron chi connectivity index (χ4n) is 1.81. The molecule has 1 fully saturated rings. The van der Waals surface area contributed by atoms with Gasteiger partial charge in [0.2, 0.25) is 5.89 Å². The first-order chi connectivity index (χ1) is 5.90. The highest BCUT2D eigenvalue weighted by Gasteiger charge is 2.20. The third-order valence-corrected chi connectivity index (χ3v) is 2.48.